The van der Waals surface area contributed by atoms with Crippen molar-refractivity contribution in [2.45, 2.75) is 20.4 Å². The molecule has 0 saturated carbocycles. The molecule has 0 unspecified atom stereocenters. The highest BCUT2D eigenvalue weighted by molar-refractivity contribution is 6.33. The van der Waals surface area contributed by atoms with Crippen LogP contribution in [0.5, 0.6) is 0 Å². The van der Waals surface area contributed by atoms with Crippen LogP contribution in [0, 0.1) is 13.8 Å². The number of rotatable bonds is 5. The van der Waals surface area contributed by atoms with Crippen LogP contribution in [-0.2, 0) is 6.54 Å². The highest BCUT2D eigenvalue weighted by atomic mass is 35.5. The topological polar surface area (TPSA) is 85.8 Å². The average Bonchev–Trinajstić information content (AvgIpc) is 3.27. The molecule has 9 heteroatoms. The Labute approximate surface area is 182 Å². The molecule has 7 nitrogen and oxygen atoms in total. The van der Waals surface area contributed by atoms with Gasteiger partial charge in [-0.1, -0.05) is 46.6 Å². The molecule has 0 fully saturated rings. The summed E-state index contributed by atoms with van der Waals surface area (Å²) in [5, 5.41) is 11.9. The van der Waals surface area contributed by atoms with Crippen LogP contribution in [-0.4, -0.2) is 25.9 Å². The molecule has 0 radical (unpaired) electrons. The normalized spacial score (nSPS) is 10.9. The third-order valence-electron chi connectivity index (χ3n) is 4.58. The van der Waals surface area contributed by atoms with Gasteiger partial charge < -0.3 is 9.73 Å². The van der Waals surface area contributed by atoms with E-state index in [4.69, 9.17) is 27.6 Å². The van der Waals surface area contributed by atoms with E-state index in [9.17, 15) is 4.79 Å². The first-order chi connectivity index (χ1) is 14.4. The molecular formula is C21H17Cl2N5O2. The molecule has 0 atom stereocenters. The number of para-hydroxylation sites is 1. The zero-order chi connectivity index (χ0) is 21.3. The number of nitrogens with zero attached hydrogens (tertiary/aromatic N) is 4. The molecule has 2 aromatic carbocycles. The van der Waals surface area contributed by atoms with Crippen LogP contribution >= 0.6 is 23.2 Å². The minimum Gasteiger partial charge on any atom is -0.441 e. The molecule has 4 rings (SSSR count). The van der Waals surface area contributed by atoms with Crippen molar-refractivity contribution < 1.29 is 9.21 Å². The number of anilines is 1. The number of carbonyl (C=O) groups excluding carboxylic acids is 1. The van der Waals surface area contributed by atoms with Gasteiger partial charge in [0.05, 0.1) is 22.9 Å². The maximum absolute atomic E-state index is 12.6. The van der Waals surface area contributed by atoms with E-state index in [1.165, 1.54) is 0 Å². The Hall–Kier alpha value is -3.16. The molecule has 0 aliphatic heterocycles. The van der Waals surface area contributed by atoms with Crippen molar-refractivity contribution in [3.63, 3.8) is 0 Å². The van der Waals surface area contributed by atoms with E-state index in [0.29, 0.717) is 45.3 Å². The summed E-state index contributed by atoms with van der Waals surface area (Å²) in [6.45, 7) is 3.91. The van der Waals surface area contributed by atoms with E-state index < -0.39 is 0 Å². The minimum atomic E-state index is -0.386. The molecule has 0 saturated heterocycles. The Morgan fingerprint density at radius 2 is 1.93 bits per heavy atom. The molecule has 0 spiro atoms. The molecular weight excluding hydrogens is 425 g/mol. The lowest BCUT2D eigenvalue weighted by Crippen LogP contribution is -2.14. The van der Waals surface area contributed by atoms with Gasteiger partial charge >= 0.3 is 0 Å². The fourth-order valence-electron chi connectivity index (χ4n) is 2.93. The summed E-state index contributed by atoms with van der Waals surface area (Å²) in [6, 6.07) is 14.3. The second-order valence-corrected chi connectivity index (χ2v) is 7.49. The van der Waals surface area contributed by atoms with Crippen molar-refractivity contribution in [1.82, 2.24) is 20.0 Å². The molecule has 152 valence electrons. The van der Waals surface area contributed by atoms with Crippen LogP contribution in [0.4, 0.5) is 5.69 Å². The first-order valence-electron chi connectivity index (χ1n) is 9.10. The fraction of sp³-hybridized carbons (Fsp3) is 0.143. The van der Waals surface area contributed by atoms with E-state index in [0.717, 1.165) is 5.56 Å². The number of aryl methyl sites for hydroxylation is 1. The van der Waals surface area contributed by atoms with Gasteiger partial charge in [-0.05, 0) is 44.2 Å². The summed E-state index contributed by atoms with van der Waals surface area (Å²) in [6.07, 6.45) is 0. The Balaban J connectivity index is 1.55. The molecule has 1 amide bonds. The van der Waals surface area contributed by atoms with Gasteiger partial charge in [-0.3, -0.25) is 4.79 Å². The highest BCUT2D eigenvalue weighted by Crippen LogP contribution is 2.25. The van der Waals surface area contributed by atoms with Crippen LogP contribution in [0.1, 0.15) is 27.6 Å². The SMILES string of the molecule is Cc1oc(-c2cccc(Cl)c2)nc1Cn1nnc(C(=O)Nc2ccccc2Cl)c1C. The van der Waals surface area contributed by atoms with E-state index in [1.807, 2.05) is 19.1 Å². The largest absolute Gasteiger partial charge is 0.441 e. The van der Waals surface area contributed by atoms with Gasteiger partial charge in [0.25, 0.3) is 5.91 Å². The van der Waals surface area contributed by atoms with Gasteiger partial charge in [0.15, 0.2) is 5.69 Å². The monoisotopic (exact) mass is 441 g/mol. The number of carbonyl (C=O) groups is 1. The molecule has 30 heavy (non-hydrogen) atoms. The van der Waals surface area contributed by atoms with Crippen LogP contribution in [0.2, 0.25) is 10.0 Å². The Bertz CT molecular complexity index is 1230. The summed E-state index contributed by atoms with van der Waals surface area (Å²) >= 11 is 12.2. The summed E-state index contributed by atoms with van der Waals surface area (Å²) in [5.74, 6) is 0.740. The second-order valence-electron chi connectivity index (χ2n) is 6.65. The van der Waals surface area contributed by atoms with Gasteiger partial charge in [-0.2, -0.15) is 0 Å². The van der Waals surface area contributed by atoms with Crippen LogP contribution < -0.4 is 5.32 Å². The van der Waals surface area contributed by atoms with Gasteiger partial charge in [-0.15, -0.1) is 5.10 Å². The number of amides is 1. The molecule has 0 aliphatic carbocycles. The first-order valence-corrected chi connectivity index (χ1v) is 9.86. The smallest absolute Gasteiger partial charge is 0.278 e. The molecule has 0 bridgehead atoms. The Kier molecular flexibility index (Phi) is 5.57. The minimum absolute atomic E-state index is 0.214. The standard InChI is InChI=1S/C21H17Cl2N5O2/c1-12-19(20(29)24-17-9-4-3-8-16(17)23)26-27-28(12)11-18-13(2)30-21(25-18)14-6-5-7-15(22)10-14/h3-10H,11H2,1-2H3,(H,24,29). The van der Waals surface area contributed by atoms with E-state index in [1.54, 1.807) is 48.0 Å². The zero-order valence-electron chi connectivity index (χ0n) is 16.2. The van der Waals surface area contributed by atoms with Crippen molar-refractivity contribution in [2.75, 3.05) is 5.32 Å². The molecule has 2 heterocycles. The van der Waals surface area contributed by atoms with Crippen molar-refractivity contribution in [3.05, 3.63) is 81.4 Å². The molecule has 1 N–H and O–H groups in total. The van der Waals surface area contributed by atoms with Crippen molar-refractivity contribution in [1.29, 1.82) is 0 Å². The van der Waals surface area contributed by atoms with Crippen LogP contribution in [0.3, 0.4) is 0 Å². The van der Waals surface area contributed by atoms with Crippen molar-refractivity contribution in [2.24, 2.45) is 0 Å². The zero-order valence-corrected chi connectivity index (χ0v) is 17.7. The van der Waals surface area contributed by atoms with Gasteiger partial charge in [-0.25, -0.2) is 9.67 Å². The summed E-state index contributed by atoms with van der Waals surface area (Å²) in [5.41, 5.74) is 2.80. The number of nitrogens with one attached hydrogen (secondary N) is 1. The van der Waals surface area contributed by atoms with Crippen molar-refractivity contribution in [3.8, 4) is 11.5 Å². The number of hydrogen-bond acceptors (Lipinski definition) is 5. The lowest BCUT2D eigenvalue weighted by Gasteiger charge is -2.06. The van der Waals surface area contributed by atoms with E-state index >= 15 is 0 Å². The quantitative estimate of drug-likeness (QED) is 0.462. The summed E-state index contributed by atoms with van der Waals surface area (Å²) < 4.78 is 7.39. The predicted molar refractivity (Wildman–Crippen MR) is 115 cm³/mol. The fourth-order valence-corrected chi connectivity index (χ4v) is 3.30. The molecule has 0 aliphatic rings. The maximum atomic E-state index is 12.6. The number of halogens is 2. The van der Waals surface area contributed by atoms with Gasteiger partial charge in [0.1, 0.15) is 11.5 Å². The number of oxazole rings is 1. The highest BCUT2D eigenvalue weighted by Gasteiger charge is 2.20. The molecule has 4 aromatic rings. The first kappa shape index (κ1) is 20.1. The predicted octanol–water partition coefficient (Wildman–Crippen LogP) is 5.16. The van der Waals surface area contributed by atoms with E-state index in [-0.39, 0.29) is 11.6 Å². The number of hydrogen-bond donors (Lipinski definition) is 1. The Morgan fingerprint density at radius 3 is 2.70 bits per heavy atom. The third kappa shape index (κ3) is 4.08. The molecule has 2 aromatic heterocycles. The lowest BCUT2D eigenvalue weighted by atomic mass is 10.2. The van der Waals surface area contributed by atoms with Crippen LogP contribution in [0.25, 0.3) is 11.5 Å². The van der Waals surface area contributed by atoms with Gasteiger partial charge in [0.2, 0.25) is 5.89 Å². The second kappa shape index (κ2) is 8.30. The summed E-state index contributed by atoms with van der Waals surface area (Å²) in [7, 11) is 0. The lowest BCUT2D eigenvalue weighted by molar-refractivity contribution is 0.102. The number of aromatic nitrogens is 4. The van der Waals surface area contributed by atoms with Crippen molar-refractivity contribution >= 4 is 34.8 Å². The maximum Gasteiger partial charge on any atom is 0.278 e. The number of benzene rings is 2. The Morgan fingerprint density at radius 1 is 1.13 bits per heavy atom. The summed E-state index contributed by atoms with van der Waals surface area (Å²) in [4.78, 5) is 17.2. The third-order valence-corrected chi connectivity index (χ3v) is 5.15. The average molecular weight is 442 g/mol. The van der Waals surface area contributed by atoms with Crippen LogP contribution in [0.15, 0.2) is 52.9 Å². The van der Waals surface area contributed by atoms with E-state index in [2.05, 4.69) is 20.6 Å². The van der Waals surface area contributed by atoms with Gasteiger partial charge in [0, 0.05) is 10.6 Å².